The Balaban J connectivity index is 1.16. The molecule has 0 saturated carbocycles. The van der Waals surface area contributed by atoms with Crippen LogP contribution in [0.2, 0.25) is 0 Å². The lowest BCUT2D eigenvalue weighted by Gasteiger charge is -2.23. The van der Waals surface area contributed by atoms with Crippen LogP contribution in [-0.4, -0.2) is 0 Å². The highest BCUT2D eigenvalue weighted by Crippen LogP contribution is 2.51. The van der Waals surface area contributed by atoms with Gasteiger partial charge in [0.2, 0.25) is 0 Å². The highest BCUT2D eigenvalue weighted by molar-refractivity contribution is 6.22. The molecule has 0 heteroatoms. The third-order valence-electron chi connectivity index (χ3n) is 12.3. The van der Waals surface area contributed by atoms with Crippen LogP contribution in [-0.2, 0) is 5.41 Å². The van der Waals surface area contributed by atoms with Gasteiger partial charge >= 0.3 is 0 Å². The van der Waals surface area contributed by atoms with Gasteiger partial charge in [0, 0.05) is 5.41 Å². The smallest absolute Gasteiger partial charge is 0.0159 e. The minimum atomic E-state index is -0.0889. The molecule has 0 unspecified atom stereocenters. The molecule has 11 rings (SSSR count). The minimum Gasteiger partial charge on any atom is -0.0619 e. The van der Waals surface area contributed by atoms with E-state index in [1.165, 1.54) is 110 Å². The van der Waals surface area contributed by atoms with Gasteiger partial charge in [-0.3, -0.25) is 0 Å². The van der Waals surface area contributed by atoms with Gasteiger partial charge in [-0.1, -0.05) is 190 Å². The van der Waals surface area contributed by atoms with Crippen molar-refractivity contribution in [2.24, 2.45) is 0 Å². The lowest BCUT2D eigenvalue weighted by molar-refractivity contribution is 0.660. The van der Waals surface area contributed by atoms with Crippen molar-refractivity contribution in [3.63, 3.8) is 0 Å². The van der Waals surface area contributed by atoms with Crippen molar-refractivity contribution in [3.05, 3.63) is 205 Å². The zero-order valence-corrected chi connectivity index (χ0v) is 31.0. The summed E-state index contributed by atoms with van der Waals surface area (Å²) >= 11 is 0. The molecule has 0 fully saturated rings. The summed E-state index contributed by atoms with van der Waals surface area (Å²) in [6.45, 7) is 4.75. The van der Waals surface area contributed by atoms with Crippen LogP contribution in [0.3, 0.4) is 0 Å². The second-order valence-corrected chi connectivity index (χ2v) is 15.7. The molecule has 1 aliphatic carbocycles. The summed E-state index contributed by atoms with van der Waals surface area (Å²) in [7, 11) is 0. The number of rotatable bonds is 4. The van der Waals surface area contributed by atoms with E-state index in [1.54, 1.807) is 0 Å². The zero-order valence-electron chi connectivity index (χ0n) is 31.0. The van der Waals surface area contributed by atoms with Crippen molar-refractivity contribution in [1.29, 1.82) is 0 Å². The predicted molar refractivity (Wildman–Crippen MR) is 236 cm³/mol. The van der Waals surface area contributed by atoms with Crippen LogP contribution < -0.4 is 0 Å². The normalized spacial score (nSPS) is 13.1. The van der Waals surface area contributed by atoms with Gasteiger partial charge < -0.3 is 0 Å². The van der Waals surface area contributed by atoms with E-state index in [-0.39, 0.29) is 5.41 Å². The Morgan fingerprint density at radius 2 is 0.818 bits per heavy atom. The monoisotopic (exact) mass is 698 g/mol. The first-order valence-corrected chi connectivity index (χ1v) is 19.3. The molecule has 0 aromatic heterocycles. The molecule has 10 aromatic rings. The van der Waals surface area contributed by atoms with Crippen molar-refractivity contribution < 1.29 is 0 Å². The van der Waals surface area contributed by atoms with Crippen molar-refractivity contribution in [2.75, 3.05) is 0 Å². The van der Waals surface area contributed by atoms with Gasteiger partial charge in [-0.25, -0.2) is 0 Å². The average Bonchev–Trinajstić information content (AvgIpc) is 3.47. The van der Waals surface area contributed by atoms with Gasteiger partial charge in [0.1, 0.15) is 0 Å². The molecule has 0 spiro atoms. The van der Waals surface area contributed by atoms with Crippen LogP contribution in [0, 0.1) is 0 Å². The van der Waals surface area contributed by atoms with Crippen LogP contribution in [0.4, 0.5) is 0 Å². The largest absolute Gasteiger partial charge is 0.0619 e. The maximum atomic E-state index is 2.49. The molecular weight excluding hydrogens is 661 g/mol. The summed E-state index contributed by atoms with van der Waals surface area (Å²) in [5, 5.41) is 10.1. The second kappa shape index (κ2) is 12.1. The van der Waals surface area contributed by atoms with Crippen LogP contribution in [0.15, 0.2) is 194 Å². The van der Waals surface area contributed by atoms with Gasteiger partial charge in [0.15, 0.2) is 0 Å². The van der Waals surface area contributed by atoms with Gasteiger partial charge in [-0.05, 0) is 128 Å². The molecular formula is C55H38. The van der Waals surface area contributed by atoms with Crippen LogP contribution >= 0.6 is 0 Å². The number of fused-ring (bicyclic) bond motifs is 7. The van der Waals surface area contributed by atoms with Crippen molar-refractivity contribution in [2.45, 2.75) is 19.3 Å². The molecule has 0 heterocycles. The molecule has 0 aliphatic heterocycles. The molecule has 1 aliphatic rings. The first-order valence-electron chi connectivity index (χ1n) is 19.3. The molecule has 0 amide bonds. The lowest BCUT2D eigenvalue weighted by Crippen LogP contribution is -2.14. The fourth-order valence-corrected chi connectivity index (χ4v) is 9.50. The van der Waals surface area contributed by atoms with Crippen molar-refractivity contribution >= 4 is 43.1 Å². The van der Waals surface area contributed by atoms with E-state index in [0.29, 0.717) is 0 Å². The summed E-state index contributed by atoms with van der Waals surface area (Å²) in [5.41, 5.74) is 15.4. The summed E-state index contributed by atoms with van der Waals surface area (Å²) in [4.78, 5) is 0. The fourth-order valence-electron chi connectivity index (χ4n) is 9.50. The summed E-state index contributed by atoms with van der Waals surface area (Å²) < 4.78 is 0. The molecule has 0 atom stereocenters. The Kier molecular flexibility index (Phi) is 7.00. The second-order valence-electron chi connectivity index (χ2n) is 15.7. The molecule has 0 radical (unpaired) electrons. The molecule has 0 nitrogen and oxygen atoms in total. The molecule has 55 heavy (non-hydrogen) atoms. The Labute approximate surface area is 322 Å². The van der Waals surface area contributed by atoms with Crippen molar-refractivity contribution in [1.82, 2.24) is 0 Å². The quantitative estimate of drug-likeness (QED) is 0.161. The Morgan fingerprint density at radius 3 is 1.64 bits per heavy atom. The Morgan fingerprint density at radius 1 is 0.273 bits per heavy atom. The molecule has 258 valence electrons. The maximum absolute atomic E-state index is 2.49. The van der Waals surface area contributed by atoms with Crippen LogP contribution in [0.1, 0.15) is 25.0 Å². The maximum Gasteiger partial charge on any atom is 0.0159 e. The first-order chi connectivity index (χ1) is 27.0. The van der Waals surface area contributed by atoms with Crippen molar-refractivity contribution in [3.8, 4) is 55.6 Å². The van der Waals surface area contributed by atoms with E-state index in [0.717, 1.165) is 0 Å². The highest BCUT2D eigenvalue weighted by Gasteiger charge is 2.35. The topological polar surface area (TPSA) is 0 Å². The molecule has 0 saturated heterocycles. The minimum absolute atomic E-state index is 0.0889. The van der Waals surface area contributed by atoms with Gasteiger partial charge in [0.05, 0.1) is 0 Å². The fraction of sp³-hybridized carbons (Fsp3) is 0.0545. The highest BCUT2D eigenvalue weighted by atomic mass is 14.4. The molecule has 0 bridgehead atoms. The lowest BCUT2D eigenvalue weighted by atomic mass is 9.80. The standard InChI is InChI=1S/C55H38/c1-55(2)51-21-10-9-17-45(51)46-30-29-42(34-52(46)55)54-48-19-8-7-18-47(48)53(38-25-22-36(23-26-38)40-27-24-35-12-3-4-14-39(35)32-40)49-31-28-41(33-50(49)54)44-20-11-15-37-13-5-6-16-43(37)44/h3-34H,1-2H3. The predicted octanol–water partition coefficient (Wildman–Crippen LogP) is 15.3. The van der Waals surface area contributed by atoms with Gasteiger partial charge in [-0.15, -0.1) is 0 Å². The number of hydrogen-bond acceptors (Lipinski definition) is 0. The van der Waals surface area contributed by atoms with Gasteiger partial charge in [0.25, 0.3) is 0 Å². The van der Waals surface area contributed by atoms with E-state index in [2.05, 4.69) is 208 Å². The van der Waals surface area contributed by atoms with E-state index >= 15 is 0 Å². The summed E-state index contributed by atoms with van der Waals surface area (Å²) in [6, 6.07) is 72.3. The Bertz CT molecular complexity index is 3150. The summed E-state index contributed by atoms with van der Waals surface area (Å²) in [5.74, 6) is 0. The van der Waals surface area contributed by atoms with Gasteiger partial charge in [-0.2, -0.15) is 0 Å². The molecule has 10 aromatic carbocycles. The third-order valence-corrected chi connectivity index (χ3v) is 12.3. The number of hydrogen-bond donors (Lipinski definition) is 0. The van der Waals surface area contributed by atoms with E-state index in [1.807, 2.05) is 0 Å². The zero-order chi connectivity index (χ0) is 36.7. The molecule has 0 N–H and O–H groups in total. The van der Waals surface area contributed by atoms with E-state index in [4.69, 9.17) is 0 Å². The number of benzene rings is 10. The third kappa shape index (κ3) is 4.92. The average molecular weight is 699 g/mol. The summed E-state index contributed by atoms with van der Waals surface area (Å²) in [6.07, 6.45) is 0. The SMILES string of the molecule is CC1(C)c2ccccc2-c2ccc(-c3c4ccccc4c(-c4ccc(-c5ccc6ccccc6c5)cc4)c4ccc(-c5cccc6ccccc56)cc34)cc21. The Hall–Kier alpha value is -6.76. The van der Waals surface area contributed by atoms with Crippen LogP contribution in [0.5, 0.6) is 0 Å². The van der Waals surface area contributed by atoms with E-state index < -0.39 is 0 Å². The van der Waals surface area contributed by atoms with E-state index in [9.17, 15) is 0 Å². The first kappa shape index (κ1) is 31.7. The van der Waals surface area contributed by atoms with Crippen LogP contribution in [0.25, 0.3) is 98.7 Å².